The zero-order chi connectivity index (χ0) is 14.5. The van der Waals surface area contributed by atoms with Gasteiger partial charge in [0.25, 0.3) is 5.69 Å². The van der Waals surface area contributed by atoms with Gasteiger partial charge in [-0.25, -0.2) is 0 Å². The number of nitro benzene ring substituents is 1. The van der Waals surface area contributed by atoms with Crippen LogP contribution in [0.4, 0.5) is 5.69 Å². The van der Waals surface area contributed by atoms with E-state index in [2.05, 4.69) is 0 Å². The third-order valence-electron chi connectivity index (χ3n) is 2.48. The minimum absolute atomic E-state index is 0.0797. The lowest BCUT2D eigenvalue weighted by Crippen LogP contribution is -1.93. The standard InChI is InChI=1S/C14H7N3O3/c15-8-10-2-1-3-12(6-10)20-13-4-5-14(17(18)19)11(7-13)9-16/h1-7H. The summed E-state index contributed by atoms with van der Waals surface area (Å²) in [5.74, 6) is 0.712. The van der Waals surface area contributed by atoms with Crippen LogP contribution in [0.1, 0.15) is 11.1 Å². The SMILES string of the molecule is N#Cc1cccc(Oc2ccc([N+](=O)[O-])c(C#N)c2)c1. The molecular formula is C14H7N3O3. The molecule has 0 heterocycles. The summed E-state index contributed by atoms with van der Waals surface area (Å²) in [5, 5.41) is 28.4. The Kier molecular flexibility index (Phi) is 3.60. The van der Waals surface area contributed by atoms with Crippen molar-refractivity contribution in [3.05, 3.63) is 63.7 Å². The average molecular weight is 265 g/mol. The Morgan fingerprint density at radius 2 is 1.80 bits per heavy atom. The van der Waals surface area contributed by atoms with E-state index in [0.29, 0.717) is 17.1 Å². The van der Waals surface area contributed by atoms with Crippen LogP contribution in [-0.2, 0) is 0 Å². The third kappa shape index (κ3) is 2.71. The zero-order valence-corrected chi connectivity index (χ0v) is 10.1. The molecular weight excluding hydrogens is 258 g/mol. The normalized spacial score (nSPS) is 9.30. The first-order valence-electron chi connectivity index (χ1n) is 5.50. The van der Waals surface area contributed by atoms with E-state index in [4.69, 9.17) is 15.3 Å². The molecule has 6 heteroatoms. The Hall–Kier alpha value is -3.38. The Morgan fingerprint density at radius 3 is 2.45 bits per heavy atom. The van der Waals surface area contributed by atoms with Crippen LogP contribution in [0, 0.1) is 32.8 Å². The first kappa shape index (κ1) is 13.1. The van der Waals surface area contributed by atoms with Crippen molar-refractivity contribution in [2.24, 2.45) is 0 Å². The maximum atomic E-state index is 10.7. The predicted octanol–water partition coefficient (Wildman–Crippen LogP) is 3.13. The molecule has 6 nitrogen and oxygen atoms in total. The summed E-state index contributed by atoms with van der Waals surface area (Å²) in [6.45, 7) is 0. The van der Waals surface area contributed by atoms with Gasteiger partial charge in [0, 0.05) is 12.1 Å². The first-order valence-corrected chi connectivity index (χ1v) is 5.50. The minimum atomic E-state index is -0.626. The molecule has 2 rings (SSSR count). The van der Waals surface area contributed by atoms with Gasteiger partial charge >= 0.3 is 0 Å². The molecule has 0 atom stereocenters. The van der Waals surface area contributed by atoms with Crippen molar-refractivity contribution >= 4 is 5.69 Å². The van der Waals surface area contributed by atoms with E-state index < -0.39 is 4.92 Å². The monoisotopic (exact) mass is 265 g/mol. The van der Waals surface area contributed by atoms with E-state index in [1.807, 2.05) is 6.07 Å². The number of nitrogens with zero attached hydrogens (tertiary/aromatic N) is 3. The number of nitriles is 2. The van der Waals surface area contributed by atoms with Crippen molar-refractivity contribution in [1.29, 1.82) is 10.5 Å². The van der Waals surface area contributed by atoms with Gasteiger partial charge in [0.15, 0.2) is 0 Å². The summed E-state index contributed by atoms with van der Waals surface area (Å²) < 4.78 is 5.47. The fourth-order valence-electron chi connectivity index (χ4n) is 1.59. The first-order chi connectivity index (χ1) is 9.63. The van der Waals surface area contributed by atoms with Crippen molar-refractivity contribution in [1.82, 2.24) is 0 Å². The van der Waals surface area contributed by atoms with Crippen LogP contribution in [-0.4, -0.2) is 4.92 Å². The van der Waals surface area contributed by atoms with Gasteiger partial charge in [0.2, 0.25) is 0 Å². The van der Waals surface area contributed by atoms with Crippen LogP contribution in [0.5, 0.6) is 11.5 Å². The molecule has 0 aliphatic carbocycles. The van der Waals surface area contributed by atoms with Crippen molar-refractivity contribution < 1.29 is 9.66 Å². The van der Waals surface area contributed by atoms with Crippen molar-refractivity contribution in [2.75, 3.05) is 0 Å². The van der Waals surface area contributed by atoms with E-state index >= 15 is 0 Å². The minimum Gasteiger partial charge on any atom is -0.457 e. The van der Waals surface area contributed by atoms with Crippen LogP contribution in [0.3, 0.4) is 0 Å². The molecule has 0 aromatic heterocycles. The number of hydrogen-bond donors (Lipinski definition) is 0. The summed E-state index contributed by atoms with van der Waals surface area (Å²) >= 11 is 0. The fourth-order valence-corrected chi connectivity index (χ4v) is 1.59. The molecule has 0 saturated heterocycles. The topological polar surface area (TPSA) is 99.9 Å². The summed E-state index contributed by atoms with van der Waals surface area (Å²) in [7, 11) is 0. The molecule has 2 aromatic rings. The molecule has 0 saturated carbocycles. The molecule has 0 amide bonds. The number of rotatable bonds is 3. The molecule has 0 radical (unpaired) electrons. The predicted molar refractivity (Wildman–Crippen MR) is 69.0 cm³/mol. The Balaban J connectivity index is 2.33. The average Bonchev–Trinajstić information content (AvgIpc) is 2.47. The van der Waals surface area contributed by atoms with E-state index in [1.54, 1.807) is 24.3 Å². The van der Waals surface area contributed by atoms with Gasteiger partial charge in [0.05, 0.1) is 16.6 Å². The summed E-state index contributed by atoms with van der Waals surface area (Å²) in [6, 6.07) is 14.1. The van der Waals surface area contributed by atoms with E-state index in [0.717, 1.165) is 0 Å². The number of hydrogen-bond acceptors (Lipinski definition) is 5. The largest absolute Gasteiger partial charge is 0.457 e. The molecule has 2 aromatic carbocycles. The molecule has 0 bridgehead atoms. The van der Waals surface area contributed by atoms with E-state index in [9.17, 15) is 10.1 Å². The summed E-state index contributed by atoms with van der Waals surface area (Å²) in [6.07, 6.45) is 0. The molecule has 0 fully saturated rings. The van der Waals surface area contributed by atoms with Crippen LogP contribution in [0.2, 0.25) is 0 Å². The molecule has 0 spiro atoms. The van der Waals surface area contributed by atoms with Crippen LogP contribution >= 0.6 is 0 Å². The second-order valence-corrected chi connectivity index (χ2v) is 3.79. The van der Waals surface area contributed by atoms with E-state index in [1.165, 1.54) is 24.3 Å². The quantitative estimate of drug-likeness (QED) is 0.626. The molecule has 96 valence electrons. The van der Waals surface area contributed by atoms with Crippen molar-refractivity contribution in [3.63, 3.8) is 0 Å². The smallest absolute Gasteiger partial charge is 0.287 e. The van der Waals surface area contributed by atoms with Gasteiger partial charge in [-0.15, -0.1) is 0 Å². The van der Waals surface area contributed by atoms with Gasteiger partial charge < -0.3 is 4.74 Å². The van der Waals surface area contributed by atoms with Gasteiger partial charge in [-0.1, -0.05) is 6.07 Å². The third-order valence-corrected chi connectivity index (χ3v) is 2.48. The van der Waals surface area contributed by atoms with Crippen molar-refractivity contribution in [2.45, 2.75) is 0 Å². The van der Waals surface area contributed by atoms with Crippen LogP contribution in [0.15, 0.2) is 42.5 Å². The van der Waals surface area contributed by atoms with Gasteiger partial charge in [-0.05, 0) is 24.3 Å². The highest BCUT2D eigenvalue weighted by atomic mass is 16.6. The Labute approximate surface area is 114 Å². The lowest BCUT2D eigenvalue weighted by molar-refractivity contribution is -0.385. The molecule has 0 aliphatic heterocycles. The highest BCUT2D eigenvalue weighted by molar-refractivity contribution is 5.53. The molecule has 20 heavy (non-hydrogen) atoms. The van der Waals surface area contributed by atoms with Crippen LogP contribution in [0.25, 0.3) is 0 Å². The lowest BCUT2D eigenvalue weighted by atomic mass is 10.2. The highest BCUT2D eigenvalue weighted by Gasteiger charge is 2.14. The van der Waals surface area contributed by atoms with Gasteiger partial charge in [0.1, 0.15) is 23.1 Å². The second kappa shape index (κ2) is 5.51. The fraction of sp³-hybridized carbons (Fsp3) is 0. The summed E-state index contributed by atoms with van der Waals surface area (Å²) in [5.41, 5.74) is 0.0829. The molecule has 0 unspecified atom stereocenters. The Morgan fingerprint density at radius 1 is 1.05 bits per heavy atom. The zero-order valence-electron chi connectivity index (χ0n) is 10.1. The second-order valence-electron chi connectivity index (χ2n) is 3.79. The van der Waals surface area contributed by atoms with Crippen LogP contribution < -0.4 is 4.74 Å². The molecule has 0 aliphatic rings. The van der Waals surface area contributed by atoms with Gasteiger partial charge in [-0.2, -0.15) is 10.5 Å². The maximum Gasteiger partial charge on any atom is 0.287 e. The van der Waals surface area contributed by atoms with E-state index in [-0.39, 0.29) is 11.3 Å². The van der Waals surface area contributed by atoms with Crippen molar-refractivity contribution in [3.8, 4) is 23.6 Å². The summed E-state index contributed by atoms with van der Waals surface area (Å²) in [4.78, 5) is 10.1. The lowest BCUT2D eigenvalue weighted by Gasteiger charge is -2.06. The number of nitro groups is 1. The number of ether oxygens (including phenoxy) is 1. The Bertz CT molecular complexity index is 757. The maximum absolute atomic E-state index is 10.7. The van der Waals surface area contributed by atoms with Gasteiger partial charge in [-0.3, -0.25) is 10.1 Å². The number of benzene rings is 2. The molecule has 0 N–H and O–H groups in total. The highest BCUT2D eigenvalue weighted by Crippen LogP contribution is 2.27.